The van der Waals surface area contributed by atoms with E-state index >= 15 is 0 Å². The second-order valence-electron chi connectivity index (χ2n) is 15.5. The van der Waals surface area contributed by atoms with E-state index in [0.29, 0.717) is 30.3 Å². The monoisotopic (exact) mass is 822 g/mol. The average Bonchev–Trinajstić information content (AvgIpc) is 3.15. The maximum absolute atomic E-state index is 12.7. The van der Waals surface area contributed by atoms with Crippen LogP contribution in [0.15, 0.2) is 72.9 Å². The SMILES string of the molecule is CC/C=C\C/C=C\C/C=C\C/C=C\C=C/C(O)C/C=C\CCC(=O)OC[C@H](COP(=O)([O-])OCC[N+](C)(C)C)OC(=O)CCCCCCCCCCCCCCC. The highest BCUT2D eigenvalue weighted by molar-refractivity contribution is 7.45. The van der Waals surface area contributed by atoms with E-state index in [-0.39, 0.29) is 26.1 Å². The lowest BCUT2D eigenvalue weighted by Gasteiger charge is -2.28. The number of ether oxygens (including phenoxy) is 2. The summed E-state index contributed by atoms with van der Waals surface area (Å²) in [6, 6.07) is 0. The Labute approximate surface area is 347 Å². The fourth-order valence-corrected chi connectivity index (χ4v) is 6.14. The lowest BCUT2D eigenvalue weighted by Crippen LogP contribution is -2.37. The Hall–Kier alpha value is -2.59. The van der Waals surface area contributed by atoms with Crippen molar-refractivity contribution in [3.05, 3.63) is 72.9 Å². The Bertz CT molecular complexity index is 1220. The molecule has 11 heteroatoms. The van der Waals surface area contributed by atoms with Crippen LogP contribution in [0.25, 0.3) is 0 Å². The first-order chi connectivity index (χ1) is 27.4. The molecule has 0 aliphatic carbocycles. The van der Waals surface area contributed by atoms with Crippen molar-refractivity contribution in [3.63, 3.8) is 0 Å². The average molecular weight is 822 g/mol. The molecule has 3 atom stereocenters. The second kappa shape index (κ2) is 37.7. The molecular weight excluding hydrogens is 741 g/mol. The maximum atomic E-state index is 12.7. The van der Waals surface area contributed by atoms with E-state index in [1.54, 1.807) is 18.2 Å². The highest BCUT2D eigenvalue weighted by Gasteiger charge is 2.21. The van der Waals surface area contributed by atoms with Crippen LogP contribution in [0.1, 0.15) is 149 Å². The van der Waals surface area contributed by atoms with Crippen LogP contribution in [0, 0.1) is 0 Å². The Balaban J connectivity index is 4.58. The molecule has 0 aromatic rings. The Kier molecular flexibility index (Phi) is 36.0. The third-order valence-corrected chi connectivity index (χ3v) is 9.80. The molecule has 57 heavy (non-hydrogen) atoms. The standard InChI is InChI=1S/C46H80NO9P/c1-6-8-10-12-14-16-18-20-22-24-26-28-31-35-43(48)36-32-30-34-37-45(49)53-41-44(42-55-57(51,52)54-40-39-47(3,4)5)56-46(50)38-33-29-27-25-23-21-19-17-15-13-11-9-7-2/h8,10,14,16,20,22,26,28,30-32,35,43-44,48H,6-7,9,11-13,15,17-19,21,23-25,27,29,33-34,36-42H2,1-5H3/b10-8-,16-14-,22-20-,28-26-,32-30-,35-31-/t43?,44-/m1/s1. The van der Waals surface area contributed by atoms with Gasteiger partial charge >= 0.3 is 11.9 Å². The van der Waals surface area contributed by atoms with Gasteiger partial charge in [0.2, 0.25) is 0 Å². The zero-order chi connectivity index (χ0) is 42.3. The van der Waals surface area contributed by atoms with Gasteiger partial charge in [0.15, 0.2) is 6.10 Å². The van der Waals surface area contributed by atoms with Gasteiger partial charge in [0.05, 0.1) is 33.9 Å². The summed E-state index contributed by atoms with van der Waals surface area (Å²) in [7, 11) is 1.06. The van der Waals surface area contributed by atoms with Crippen molar-refractivity contribution in [2.45, 2.75) is 161 Å². The molecule has 0 saturated carbocycles. The summed E-state index contributed by atoms with van der Waals surface area (Å²) in [6.45, 7) is 3.89. The Morgan fingerprint density at radius 2 is 1.23 bits per heavy atom. The molecule has 0 rings (SSSR count). The molecule has 0 aromatic carbocycles. The number of esters is 2. The number of likely N-dealkylation sites (N-methyl/N-ethyl adjacent to an activating group) is 1. The zero-order valence-corrected chi connectivity index (χ0v) is 37.3. The van der Waals surface area contributed by atoms with Crippen LogP contribution < -0.4 is 4.89 Å². The largest absolute Gasteiger partial charge is 0.756 e. The van der Waals surface area contributed by atoms with Gasteiger partial charge in [-0.25, -0.2) is 0 Å². The summed E-state index contributed by atoms with van der Waals surface area (Å²) in [5.41, 5.74) is 0. The summed E-state index contributed by atoms with van der Waals surface area (Å²) in [5, 5.41) is 10.2. The lowest BCUT2D eigenvalue weighted by atomic mass is 10.0. The third-order valence-electron chi connectivity index (χ3n) is 8.83. The van der Waals surface area contributed by atoms with Gasteiger partial charge in [-0.1, -0.05) is 164 Å². The molecule has 328 valence electrons. The van der Waals surface area contributed by atoms with E-state index < -0.39 is 38.6 Å². The highest BCUT2D eigenvalue weighted by atomic mass is 31.2. The van der Waals surface area contributed by atoms with Gasteiger partial charge in [-0.05, 0) is 44.9 Å². The van der Waals surface area contributed by atoms with Gasteiger partial charge in [0.1, 0.15) is 19.8 Å². The van der Waals surface area contributed by atoms with Crippen LogP contribution in [0.4, 0.5) is 0 Å². The van der Waals surface area contributed by atoms with Gasteiger partial charge in [0.25, 0.3) is 7.82 Å². The fraction of sp³-hybridized carbons (Fsp3) is 0.696. The first kappa shape index (κ1) is 54.4. The molecule has 0 radical (unpaired) electrons. The molecule has 0 spiro atoms. The number of hydrogen-bond acceptors (Lipinski definition) is 9. The predicted molar refractivity (Wildman–Crippen MR) is 232 cm³/mol. The van der Waals surface area contributed by atoms with Gasteiger partial charge in [-0.2, -0.15) is 0 Å². The minimum absolute atomic E-state index is 0.0606. The highest BCUT2D eigenvalue weighted by Crippen LogP contribution is 2.38. The number of phosphoric ester groups is 1. The number of carbonyl (C=O) groups is 2. The summed E-state index contributed by atoms with van der Waals surface area (Å²) < 4.78 is 33.7. The topological polar surface area (TPSA) is 131 Å². The molecule has 0 bridgehead atoms. The third kappa shape index (κ3) is 41.4. The molecular formula is C46H80NO9P. The van der Waals surface area contributed by atoms with Crippen molar-refractivity contribution in [1.82, 2.24) is 0 Å². The Morgan fingerprint density at radius 1 is 0.667 bits per heavy atom. The molecule has 0 aromatic heterocycles. The molecule has 0 aliphatic rings. The molecule has 0 heterocycles. The lowest BCUT2D eigenvalue weighted by molar-refractivity contribution is -0.870. The molecule has 2 unspecified atom stereocenters. The first-order valence-corrected chi connectivity index (χ1v) is 23.2. The van der Waals surface area contributed by atoms with Gasteiger partial charge in [0, 0.05) is 12.8 Å². The van der Waals surface area contributed by atoms with Crippen LogP contribution in [0.2, 0.25) is 0 Å². The van der Waals surface area contributed by atoms with E-state index in [0.717, 1.165) is 44.9 Å². The van der Waals surface area contributed by atoms with Crippen molar-refractivity contribution in [3.8, 4) is 0 Å². The number of aliphatic hydroxyl groups is 1. The number of aliphatic hydroxyl groups excluding tert-OH is 1. The summed E-state index contributed by atoms with van der Waals surface area (Å²) in [6.07, 6.45) is 42.5. The smallest absolute Gasteiger partial charge is 0.306 e. The zero-order valence-electron chi connectivity index (χ0n) is 36.4. The van der Waals surface area contributed by atoms with Crippen LogP contribution in [-0.4, -0.2) is 81.2 Å². The van der Waals surface area contributed by atoms with Crippen LogP contribution in [-0.2, 0) is 32.7 Å². The van der Waals surface area contributed by atoms with Crippen molar-refractivity contribution in [2.24, 2.45) is 0 Å². The van der Waals surface area contributed by atoms with Gasteiger partial charge in [-0.15, -0.1) is 0 Å². The summed E-state index contributed by atoms with van der Waals surface area (Å²) >= 11 is 0. The van der Waals surface area contributed by atoms with E-state index in [1.807, 2.05) is 39.4 Å². The molecule has 10 nitrogen and oxygen atoms in total. The van der Waals surface area contributed by atoms with E-state index in [1.165, 1.54) is 57.8 Å². The van der Waals surface area contributed by atoms with E-state index in [2.05, 4.69) is 50.3 Å². The van der Waals surface area contributed by atoms with Crippen molar-refractivity contribution >= 4 is 19.8 Å². The van der Waals surface area contributed by atoms with Crippen molar-refractivity contribution in [2.75, 3.05) is 47.5 Å². The second-order valence-corrected chi connectivity index (χ2v) is 16.9. The molecule has 0 amide bonds. The normalized spacial score (nSPS) is 14.9. The van der Waals surface area contributed by atoms with Gasteiger partial charge in [-0.3, -0.25) is 14.2 Å². The summed E-state index contributed by atoms with van der Waals surface area (Å²) in [4.78, 5) is 37.5. The quantitative estimate of drug-likeness (QED) is 0.0161. The number of quaternary nitrogens is 1. The number of hydrogen-bond donors (Lipinski definition) is 1. The maximum Gasteiger partial charge on any atom is 0.306 e. The number of nitrogens with zero attached hydrogens (tertiary/aromatic N) is 1. The minimum Gasteiger partial charge on any atom is -0.756 e. The first-order valence-electron chi connectivity index (χ1n) is 21.8. The predicted octanol–water partition coefficient (Wildman–Crippen LogP) is 10.6. The molecule has 0 aliphatic heterocycles. The summed E-state index contributed by atoms with van der Waals surface area (Å²) in [5.74, 6) is -1.02. The Morgan fingerprint density at radius 3 is 1.81 bits per heavy atom. The van der Waals surface area contributed by atoms with Gasteiger partial charge < -0.3 is 33.0 Å². The molecule has 0 fully saturated rings. The number of phosphoric acid groups is 1. The number of rotatable bonds is 38. The molecule has 0 saturated heterocycles. The van der Waals surface area contributed by atoms with Crippen LogP contribution in [0.3, 0.4) is 0 Å². The van der Waals surface area contributed by atoms with Crippen LogP contribution in [0.5, 0.6) is 0 Å². The number of allylic oxidation sites excluding steroid dienone is 10. The van der Waals surface area contributed by atoms with Crippen LogP contribution >= 0.6 is 7.82 Å². The number of carbonyl (C=O) groups excluding carboxylic acids is 2. The van der Waals surface area contributed by atoms with E-state index in [9.17, 15) is 24.2 Å². The van der Waals surface area contributed by atoms with E-state index in [4.69, 9.17) is 18.5 Å². The fourth-order valence-electron chi connectivity index (χ4n) is 5.41. The minimum atomic E-state index is -4.67. The van der Waals surface area contributed by atoms with Crippen molar-refractivity contribution in [1.29, 1.82) is 0 Å². The van der Waals surface area contributed by atoms with Crippen molar-refractivity contribution < 1.29 is 47.2 Å². The molecule has 1 N–H and O–H groups in total. The number of unbranched alkanes of at least 4 members (excludes halogenated alkanes) is 12.